The number of halogens is 1. The third kappa shape index (κ3) is 2.97. The van der Waals surface area contributed by atoms with Crippen LogP contribution in [0.5, 0.6) is 5.75 Å². The van der Waals surface area contributed by atoms with Crippen molar-refractivity contribution in [1.29, 1.82) is 0 Å². The van der Waals surface area contributed by atoms with Crippen LogP contribution in [-0.2, 0) is 6.54 Å². The molecule has 1 heterocycles. The third-order valence-corrected chi connectivity index (χ3v) is 2.25. The molecule has 6 heteroatoms. The van der Waals surface area contributed by atoms with E-state index in [0.717, 1.165) is 0 Å². The van der Waals surface area contributed by atoms with E-state index in [9.17, 15) is 4.39 Å². The summed E-state index contributed by atoms with van der Waals surface area (Å²) in [4.78, 5) is 4.04. The normalized spacial score (nSPS) is 10.4. The third-order valence-electron chi connectivity index (χ3n) is 2.25. The second-order valence-electron chi connectivity index (χ2n) is 3.66. The maximum Gasteiger partial charge on any atom is 0.223 e. The van der Waals surface area contributed by atoms with Crippen LogP contribution in [0.25, 0.3) is 0 Å². The van der Waals surface area contributed by atoms with Crippen molar-refractivity contribution >= 4 is 5.69 Å². The lowest BCUT2D eigenvalue weighted by atomic mass is 10.3. The predicted octanol–water partition coefficient (Wildman–Crippen LogP) is 2.53. The van der Waals surface area contributed by atoms with Crippen molar-refractivity contribution in [1.82, 2.24) is 10.1 Å². The number of hydrogen-bond acceptors (Lipinski definition) is 5. The average molecular weight is 251 g/mol. The molecule has 0 atom stereocenters. The van der Waals surface area contributed by atoms with E-state index in [4.69, 9.17) is 9.26 Å². The minimum atomic E-state index is -0.397. The van der Waals surface area contributed by atoms with E-state index in [1.165, 1.54) is 6.07 Å². The summed E-state index contributed by atoms with van der Waals surface area (Å²) in [6.07, 6.45) is 0. The van der Waals surface area contributed by atoms with Gasteiger partial charge in [0.1, 0.15) is 0 Å². The second kappa shape index (κ2) is 5.48. The molecule has 0 amide bonds. The number of rotatable bonds is 5. The first-order valence-electron chi connectivity index (χ1n) is 5.64. The summed E-state index contributed by atoms with van der Waals surface area (Å²) in [6, 6.07) is 4.70. The number of hydrogen-bond donors (Lipinski definition) is 1. The molecule has 2 aromatic rings. The molecule has 0 saturated heterocycles. The van der Waals surface area contributed by atoms with Gasteiger partial charge in [-0.05, 0) is 19.1 Å². The van der Waals surface area contributed by atoms with Gasteiger partial charge in [-0.25, -0.2) is 4.39 Å². The first-order chi connectivity index (χ1) is 8.69. The zero-order chi connectivity index (χ0) is 13.0. The van der Waals surface area contributed by atoms with E-state index in [-0.39, 0.29) is 5.75 Å². The van der Waals surface area contributed by atoms with E-state index >= 15 is 0 Å². The van der Waals surface area contributed by atoms with Gasteiger partial charge >= 0.3 is 0 Å². The predicted molar refractivity (Wildman–Crippen MR) is 63.9 cm³/mol. The summed E-state index contributed by atoms with van der Waals surface area (Å²) < 4.78 is 23.5. The Hall–Kier alpha value is -2.11. The van der Waals surface area contributed by atoms with Gasteiger partial charge < -0.3 is 14.6 Å². The number of nitrogens with one attached hydrogen (secondary N) is 1. The van der Waals surface area contributed by atoms with Crippen LogP contribution >= 0.6 is 0 Å². The average Bonchev–Trinajstić information content (AvgIpc) is 2.76. The monoisotopic (exact) mass is 251 g/mol. The molecule has 2 rings (SSSR count). The van der Waals surface area contributed by atoms with Crippen molar-refractivity contribution in [3.05, 3.63) is 35.7 Å². The summed E-state index contributed by atoms with van der Waals surface area (Å²) in [5.41, 5.74) is 0.637. The van der Waals surface area contributed by atoms with E-state index in [0.29, 0.717) is 30.6 Å². The fraction of sp³-hybridized carbons (Fsp3) is 0.333. The summed E-state index contributed by atoms with van der Waals surface area (Å²) in [5, 5.41) is 6.74. The molecule has 0 radical (unpaired) electrons. The molecule has 0 aliphatic rings. The van der Waals surface area contributed by atoms with Crippen molar-refractivity contribution in [3.8, 4) is 5.75 Å². The van der Waals surface area contributed by atoms with Crippen LogP contribution in [0, 0.1) is 12.7 Å². The van der Waals surface area contributed by atoms with Crippen LogP contribution in [0.3, 0.4) is 0 Å². The first kappa shape index (κ1) is 12.3. The van der Waals surface area contributed by atoms with Crippen molar-refractivity contribution < 1.29 is 13.7 Å². The summed E-state index contributed by atoms with van der Waals surface area (Å²) in [6.45, 7) is 4.34. The standard InChI is InChI=1S/C12H14FN3O2/c1-3-17-11-5-4-9(6-10(11)13)14-7-12-15-8(2)18-16-12/h4-6,14H,3,7H2,1-2H3. The number of ether oxygens (including phenoxy) is 1. The van der Waals surface area contributed by atoms with Crippen molar-refractivity contribution in [2.45, 2.75) is 20.4 Å². The Labute approximate surface area is 104 Å². The summed E-state index contributed by atoms with van der Waals surface area (Å²) in [7, 11) is 0. The lowest BCUT2D eigenvalue weighted by Crippen LogP contribution is -2.02. The van der Waals surface area contributed by atoms with Gasteiger partial charge in [-0.2, -0.15) is 4.98 Å². The van der Waals surface area contributed by atoms with Crippen LogP contribution in [0.4, 0.5) is 10.1 Å². The molecule has 96 valence electrons. The lowest BCUT2D eigenvalue weighted by Gasteiger charge is -2.07. The Morgan fingerprint density at radius 3 is 2.89 bits per heavy atom. The molecule has 1 aromatic heterocycles. The van der Waals surface area contributed by atoms with Gasteiger partial charge in [-0.15, -0.1) is 0 Å². The van der Waals surface area contributed by atoms with Crippen LogP contribution in [-0.4, -0.2) is 16.7 Å². The zero-order valence-electron chi connectivity index (χ0n) is 10.2. The number of benzene rings is 1. The number of nitrogens with zero attached hydrogens (tertiary/aromatic N) is 2. The van der Waals surface area contributed by atoms with Crippen molar-refractivity contribution in [3.63, 3.8) is 0 Å². The van der Waals surface area contributed by atoms with Gasteiger partial charge in [-0.3, -0.25) is 0 Å². The second-order valence-corrected chi connectivity index (χ2v) is 3.66. The number of aryl methyl sites for hydroxylation is 1. The van der Waals surface area contributed by atoms with Gasteiger partial charge in [0.15, 0.2) is 17.4 Å². The SMILES string of the molecule is CCOc1ccc(NCc2noc(C)n2)cc1F. The highest BCUT2D eigenvalue weighted by molar-refractivity contribution is 5.47. The molecule has 0 spiro atoms. The van der Waals surface area contributed by atoms with Crippen LogP contribution < -0.4 is 10.1 Å². The molecular weight excluding hydrogens is 237 g/mol. The molecule has 18 heavy (non-hydrogen) atoms. The van der Waals surface area contributed by atoms with Crippen LogP contribution in [0.15, 0.2) is 22.7 Å². The number of aromatic nitrogens is 2. The Morgan fingerprint density at radius 2 is 2.28 bits per heavy atom. The van der Waals surface area contributed by atoms with Crippen molar-refractivity contribution in [2.75, 3.05) is 11.9 Å². The molecule has 1 aromatic carbocycles. The number of anilines is 1. The lowest BCUT2D eigenvalue weighted by molar-refractivity contribution is 0.321. The molecule has 0 aliphatic carbocycles. The summed E-state index contributed by atoms with van der Waals surface area (Å²) in [5.74, 6) is 0.885. The van der Waals surface area contributed by atoms with Gasteiger partial charge in [-0.1, -0.05) is 5.16 Å². The highest BCUT2D eigenvalue weighted by Crippen LogP contribution is 2.21. The van der Waals surface area contributed by atoms with E-state index in [1.807, 2.05) is 6.92 Å². The minimum absolute atomic E-state index is 0.249. The van der Waals surface area contributed by atoms with Crippen LogP contribution in [0.1, 0.15) is 18.6 Å². The van der Waals surface area contributed by atoms with Gasteiger partial charge in [0.2, 0.25) is 5.89 Å². The Balaban J connectivity index is 1.99. The van der Waals surface area contributed by atoms with Gasteiger partial charge in [0.05, 0.1) is 13.2 Å². The molecule has 5 nitrogen and oxygen atoms in total. The maximum absolute atomic E-state index is 13.6. The molecule has 0 unspecified atom stereocenters. The largest absolute Gasteiger partial charge is 0.491 e. The first-order valence-corrected chi connectivity index (χ1v) is 5.64. The molecule has 0 saturated carbocycles. The fourth-order valence-electron chi connectivity index (χ4n) is 1.48. The molecule has 1 N–H and O–H groups in total. The quantitative estimate of drug-likeness (QED) is 0.884. The zero-order valence-corrected chi connectivity index (χ0v) is 10.2. The Morgan fingerprint density at radius 1 is 1.44 bits per heavy atom. The van der Waals surface area contributed by atoms with E-state index in [2.05, 4.69) is 15.5 Å². The van der Waals surface area contributed by atoms with Crippen LogP contribution in [0.2, 0.25) is 0 Å². The molecular formula is C12H14FN3O2. The topological polar surface area (TPSA) is 60.2 Å². The van der Waals surface area contributed by atoms with Gasteiger partial charge in [0, 0.05) is 18.7 Å². The minimum Gasteiger partial charge on any atom is -0.491 e. The molecule has 0 bridgehead atoms. The highest BCUT2D eigenvalue weighted by atomic mass is 19.1. The molecule has 0 fully saturated rings. The summed E-state index contributed by atoms with van der Waals surface area (Å²) >= 11 is 0. The smallest absolute Gasteiger partial charge is 0.223 e. The Kier molecular flexibility index (Phi) is 3.76. The van der Waals surface area contributed by atoms with Crippen molar-refractivity contribution in [2.24, 2.45) is 0 Å². The fourth-order valence-corrected chi connectivity index (χ4v) is 1.48. The Bertz CT molecular complexity index is 528. The maximum atomic E-state index is 13.6. The van der Waals surface area contributed by atoms with Gasteiger partial charge in [0.25, 0.3) is 0 Å². The highest BCUT2D eigenvalue weighted by Gasteiger charge is 2.05. The molecule has 0 aliphatic heterocycles. The van der Waals surface area contributed by atoms with E-state index < -0.39 is 5.82 Å². The van der Waals surface area contributed by atoms with E-state index in [1.54, 1.807) is 19.1 Å².